The van der Waals surface area contributed by atoms with Crippen LogP contribution in [0.1, 0.15) is 16.7 Å². The Bertz CT molecular complexity index is 800. The molecule has 1 amide bonds. The standard InChI is InChI=1S/C17H17F3N2O3/c1-25-11-13-6-3-2-5-12(13)9-21-15(23)10-22-8-4-7-14(16(22)24)17(18,19)20/h2-8H,9-11H2,1H3,(H,21,23). The lowest BCUT2D eigenvalue weighted by Gasteiger charge is -2.12. The molecule has 2 rings (SSSR count). The maximum Gasteiger partial charge on any atom is 0.421 e. The van der Waals surface area contributed by atoms with Crippen LogP contribution in [0.2, 0.25) is 0 Å². The van der Waals surface area contributed by atoms with Gasteiger partial charge in [-0.2, -0.15) is 13.2 Å². The number of nitrogens with zero attached hydrogens (tertiary/aromatic N) is 1. The molecule has 1 N–H and O–H groups in total. The minimum atomic E-state index is -4.75. The Balaban J connectivity index is 2.06. The van der Waals surface area contributed by atoms with Gasteiger partial charge in [0.15, 0.2) is 0 Å². The van der Waals surface area contributed by atoms with E-state index in [1.54, 1.807) is 13.2 Å². The monoisotopic (exact) mass is 354 g/mol. The molecular weight excluding hydrogens is 337 g/mol. The summed E-state index contributed by atoms with van der Waals surface area (Å²) >= 11 is 0. The van der Waals surface area contributed by atoms with Crippen molar-refractivity contribution >= 4 is 5.91 Å². The molecule has 2 aromatic rings. The first kappa shape index (κ1) is 18.7. The van der Waals surface area contributed by atoms with Crippen molar-refractivity contribution in [2.75, 3.05) is 7.11 Å². The second-order valence-corrected chi connectivity index (χ2v) is 5.33. The predicted molar refractivity (Wildman–Crippen MR) is 84.7 cm³/mol. The molecule has 0 unspecified atom stereocenters. The van der Waals surface area contributed by atoms with E-state index in [-0.39, 0.29) is 6.54 Å². The van der Waals surface area contributed by atoms with Crippen molar-refractivity contribution in [3.05, 3.63) is 69.6 Å². The van der Waals surface area contributed by atoms with E-state index in [1.165, 1.54) is 0 Å². The normalized spacial score (nSPS) is 11.4. The van der Waals surface area contributed by atoms with Gasteiger partial charge in [-0.05, 0) is 23.3 Å². The highest BCUT2D eigenvalue weighted by molar-refractivity contribution is 5.75. The van der Waals surface area contributed by atoms with Crippen LogP contribution >= 0.6 is 0 Å². The highest BCUT2D eigenvalue weighted by atomic mass is 19.4. The third-order valence-corrected chi connectivity index (χ3v) is 3.53. The highest BCUT2D eigenvalue weighted by Gasteiger charge is 2.34. The maximum atomic E-state index is 12.7. The molecular formula is C17H17F3N2O3. The summed E-state index contributed by atoms with van der Waals surface area (Å²) in [5, 5.41) is 2.60. The lowest BCUT2D eigenvalue weighted by Crippen LogP contribution is -2.34. The first-order valence-corrected chi connectivity index (χ1v) is 7.42. The third kappa shape index (κ3) is 4.93. The average Bonchev–Trinajstić information content (AvgIpc) is 2.55. The fraction of sp³-hybridized carbons (Fsp3) is 0.294. The summed E-state index contributed by atoms with van der Waals surface area (Å²) in [5.41, 5.74) is -0.825. The molecule has 0 aliphatic heterocycles. The van der Waals surface area contributed by atoms with Crippen LogP contribution < -0.4 is 10.9 Å². The van der Waals surface area contributed by atoms with Crippen molar-refractivity contribution in [2.24, 2.45) is 0 Å². The molecule has 134 valence electrons. The lowest BCUT2D eigenvalue weighted by atomic mass is 10.1. The summed E-state index contributed by atoms with van der Waals surface area (Å²) in [7, 11) is 1.55. The van der Waals surface area contributed by atoms with Gasteiger partial charge in [-0.3, -0.25) is 9.59 Å². The molecule has 0 saturated carbocycles. The number of nitrogens with one attached hydrogen (secondary N) is 1. The highest BCUT2D eigenvalue weighted by Crippen LogP contribution is 2.25. The quantitative estimate of drug-likeness (QED) is 0.866. The van der Waals surface area contributed by atoms with Gasteiger partial charge >= 0.3 is 6.18 Å². The van der Waals surface area contributed by atoms with Gasteiger partial charge in [-0.15, -0.1) is 0 Å². The van der Waals surface area contributed by atoms with Gasteiger partial charge in [0.25, 0.3) is 5.56 Å². The maximum absolute atomic E-state index is 12.7. The van der Waals surface area contributed by atoms with Crippen LogP contribution in [-0.2, 0) is 35.4 Å². The molecule has 0 saturated heterocycles. The Morgan fingerprint density at radius 3 is 2.48 bits per heavy atom. The van der Waals surface area contributed by atoms with E-state index >= 15 is 0 Å². The molecule has 0 atom stereocenters. The van der Waals surface area contributed by atoms with Gasteiger partial charge in [0, 0.05) is 19.9 Å². The van der Waals surface area contributed by atoms with Crippen LogP contribution in [0.5, 0.6) is 0 Å². The number of carbonyl (C=O) groups excluding carboxylic acids is 1. The fourth-order valence-electron chi connectivity index (χ4n) is 2.31. The number of benzene rings is 1. The van der Waals surface area contributed by atoms with Crippen molar-refractivity contribution in [3.8, 4) is 0 Å². The van der Waals surface area contributed by atoms with Gasteiger partial charge in [-0.25, -0.2) is 0 Å². The lowest BCUT2D eigenvalue weighted by molar-refractivity contribution is -0.139. The number of rotatable bonds is 6. The Morgan fingerprint density at radius 1 is 1.16 bits per heavy atom. The van der Waals surface area contributed by atoms with E-state index < -0.39 is 29.8 Å². The van der Waals surface area contributed by atoms with Gasteiger partial charge < -0.3 is 14.6 Å². The SMILES string of the molecule is COCc1ccccc1CNC(=O)Cn1cccc(C(F)(F)F)c1=O. The Morgan fingerprint density at radius 2 is 1.84 bits per heavy atom. The Labute approximate surface area is 142 Å². The number of amides is 1. The second kappa shape index (κ2) is 7.98. The average molecular weight is 354 g/mol. The van der Waals surface area contributed by atoms with Crippen LogP contribution in [0.3, 0.4) is 0 Å². The van der Waals surface area contributed by atoms with E-state index in [2.05, 4.69) is 5.32 Å². The second-order valence-electron chi connectivity index (χ2n) is 5.33. The predicted octanol–water partition coefficient (Wildman–Crippen LogP) is 2.33. The number of carbonyl (C=O) groups is 1. The topological polar surface area (TPSA) is 60.3 Å². The Hall–Kier alpha value is -2.61. The van der Waals surface area contributed by atoms with Crippen molar-refractivity contribution in [1.29, 1.82) is 0 Å². The van der Waals surface area contributed by atoms with E-state index in [1.807, 2.05) is 18.2 Å². The summed E-state index contributed by atoms with van der Waals surface area (Å²) in [5.74, 6) is -0.561. The first-order valence-electron chi connectivity index (χ1n) is 7.42. The number of pyridine rings is 1. The van der Waals surface area contributed by atoms with E-state index in [0.717, 1.165) is 28.0 Å². The number of aromatic nitrogens is 1. The third-order valence-electron chi connectivity index (χ3n) is 3.53. The zero-order chi connectivity index (χ0) is 18.4. The van der Waals surface area contributed by atoms with Crippen LogP contribution in [0.25, 0.3) is 0 Å². The summed E-state index contributed by atoms with van der Waals surface area (Å²) in [6, 6.07) is 9.08. The summed E-state index contributed by atoms with van der Waals surface area (Å²) in [4.78, 5) is 23.8. The molecule has 1 aromatic carbocycles. The zero-order valence-corrected chi connectivity index (χ0v) is 13.5. The minimum absolute atomic E-state index is 0.187. The molecule has 25 heavy (non-hydrogen) atoms. The summed E-state index contributed by atoms with van der Waals surface area (Å²) in [6.45, 7) is 0.0698. The summed E-state index contributed by atoms with van der Waals surface area (Å²) in [6.07, 6.45) is -3.61. The molecule has 0 aliphatic carbocycles. The van der Waals surface area contributed by atoms with E-state index in [4.69, 9.17) is 4.74 Å². The number of hydrogen-bond donors (Lipinski definition) is 1. The molecule has 1 aromatic heterocycles. The molecule has 0 fully saturated rings. The zero-order valence-electron chi connectivity index (χ0n) is 13.5. The summed E-state index contributed by atoms with van der Waals surface area (Å²) < 4.78 is 44.0. The van der Waals surface area contributed by atoms with Crippen LogP contribution in [-0.4, -0.2) is 17.6 Å². The first-order chi connectivity index (χ1) is 11.8. The van der Waals surface area contributed by atoms with Crippen LogP contribution in [0, 0.1) is 0 Å². The minimum Gasteiger partial charge on any atom is -0.380 e. The number of hydrogen-bond acceptors (Lipinski definition) is 3. The molecule has 8 heteroatoms. The van der Waals surface area contributed by atoms with Crippen molar-refractivity contribution in [1.82, 2.24) is 9.88 Å². The van der Waals surface area contributed by atoms with E-state index in [0.29, 0.717) is 12.7 Å². The van der Waals surface area contributed by atoms with Crippen LogP contribution in [0.4, 0.5) is 13.2 Å². The number of ether oxygens (including phenoxy) is 1. The molecule has 0 bridgehead atoms. The fourth-order valence-corrected chi connectivity index (χ4v) is 2.31. The van der Waals surface area contributed by atoms with Crippen molar-refractivity contribution in [2.45, 2.75) is 25.9 Å². The van der Waals surface area contributed by atoms with Gasteiger partial charge in [0.2, 0.25) is 5.91 Å². The van der Waals surface area contributed by atoms with Gasteiger partial charge in [0.1, 0.15) is 12.1 Å². The van der Waals surface area contributed by atoms with Crippen molar-refractivity contribution in [3.63, 3.8) is 0 Å². The number of methoxy groups -OCH3 is 1. The number of alkyl halides is 3. The van der Waals surface area contributed by atoms with Crippen molar-refractivity contribution < 1.29 is 22.7 Å². The number of halogens is 3. The molecule has 0 spiro atoms. The smallest absolute Gasteiger partial charge is 0.380 e. The largest absolute Gasteiger partial charge is 0.421 e. The van der Waals surface area contributed by atoms with E-state index in [9.17, 15) is 22.8 Å². The molecule has 0 aliphatic rings. The van der Waals surface area contributed by atoms with Gasteiger partial charge in [-0.1, -0.05) is 24.3 Å². The van der Waals surface area contributed by atoms with Crippen LogP contribution in [0.15, 0.2) is 47.4 Å². The Kier molecular flexibility index (Phi) is 5.97. The molecule has 0 radical (unpaired) electrons. The molecule has 5 nitrogen and oxygen atoms in total. The molecule has 1 heterocycles. The van der Waals surface area contributed by atoms with Gasteiger partial charge in [0.05, 0.1) is 6.61 Å².